The van der Waals surface area contributed by atoms with Crippen LogP contribution >= 0.6 is 11.8 Å². The Kier molecular flexibility index (Phi) is 3.04. The van der Waals surface area contributed by atoms with Gasteiger partial charge in [0.15, 0.2) is 0 Å². The van der Waals surface area contributed by atoms with Gasteiger partial charge in [0, 0.05) is 10.5 Å². The lowest BCUT2D eigenvalue weighted by atomic mass is 9.75. The summed E-state index contributed by atoms with van der Waals surface area (Å²) >= 11 is 1.94. The van der Waals surface area contributed by atoms with Gasteiger partial charge in [-0.25, -0.2) is 0 Å². The summed E-state index contributed by atoms with van der Waals surface area (Å²) in [4.78, 5) is 0. The first-order valence-corrected chi connectivity index (χ1v) is 7.96. The molecular weight excluding hydrogens is 242 g/mol. The highest BCUT2D eigenvalue weighted by Gasteiger charge is 2.56. The van der Waals surface area contributed by atoms with Crippen molar-refractivity contribution in [1.29, 1.82) is 10.5 Å². The molecule has 0 amide bonds. The lowest BCUT2D eigenvalue weighted by Gasteiger charge is -2.54. The molecule has 3 rings (SSSR count). The lowest BCUT2D eigenvalue weighted by molar-refractivity contribution is 0.190. The van der Waals surface area contributed by atoms with Crippen molar-refractivity contribution in [2.24, 2.45) is 0 Å². The monoisotopic (exact) mass is 261 g/mol. The molecule has 0 spiro atoms. The number of thioether (sulfide) groups is 1. The maximum absolute atomic E-state index is 9.64. The summed E-state index contributed by atoms with van der Waals surface area (Å²) < 4.78 is 0. The normalized spacial score (nSPS) is 47.2. The standard InChI is InChI=1S/C14H19N3S/c15-9-13-7-3-1-5-11(13)18-12-6-2-4-8-14(12,10-16)17-13/h11-12,17H,1-8H2/t11-,12-,13-,14+/m1/s1. The Morgan fingerprint density at radius 1 is 0.889 bits per heavy atom. The predicted molar refractivity (Wildman–Crippen MR) is 71.9 cm³/mol. The minimum absolute atomic E-state index is 0.390. The maximum atomic E-state index is 9.64. The van der Waals surface area contributed by atoms with E-state index in [1.807, 2.05) is 11.8 Å². The fourth-order valence-electron chi connectivity index (χ4n) is 3.84. The summed E-state index contributed by atoms with van der Waals surface area (Å²) in [6.07, 6.45) is 8.78. The van der Waals surface area contributed by atoms with Gasteiger partial charge in [0.2, 0.25) is 0 Å². The second kappa shape index (κ2) is 4.44. The zero-order valence-electron chi connectivity index (χ0n) is 10.6. The van der Waals surface area contributed by atoms with Crippen LogP contribution in [0.4, 0.5) is 0 Å². The number of rotatable bonds is 0. The van der Waals surface area contributed by atoms with E-state index in [1.54, 1.807) is 0 Å². The molecule has 3 aliphatic rings. The van der Waals surface area contributed by atoms with Crippen LogP contribution in [0.3, 0.4) is 0 Å². The van der Waals surface area contributed by atoms with E-state index in [2.05, 4.69) is 17.5 Å². The molecule has 18 heavy (non-hydrogen) atoms. The molecule has 1 N–H and O–H groups in total. The molecule has 0 unspecified atom stereocenters. The first-order chi connectivity index (χ1) is 8.75. The molecule has 1 saturated heterocycles. The average Bonchev–Trinajstić information content (AvgIpc) is 2.44. The molecule has 0 radical (unpaired) electrons. The second-order valence-electron chi connectivity index (χ2n) is 5.90. The van der Waals surface area contributed by atoms with Crippen molar-refractivity contribution in [3.8, 4) is 12.1 Å². The average molecular weight is 261 g/mol. The van der Waals surface area contributed by atoms with Crippen molar-refractivity contribution in [3.63, 3.8) is 0 Å². The molecule has 0 aromatic carbocycles. The van der Waals surface area contributed by atoms with Crippen molar-refractivity contribution in [2.45, 2.75) is 72.9 Å². The molecule has 0 bridgehead atoms. The van der Waals surface area contributed by atoms with Gasteiger partial charge >= 0.3 is 0 Å². The molecule has 3 fully saturated rings. The van der Waals surface area contributed by atoms with E-state index < -0.39 is 11.1 Å². The molecule has 2 saturated carbocycles. The summed E-state index contributed by atoms with van der Waals surface area (Å²) in [5.74, 6) is 0. The third-order valence-corrected chi connectivity index (χ3v) is 6.78. The molecule has 1 aliphatic heterocycles. The van der Waals surface area contributed by atoms with Crippen molar-refractivity contribution in [2.75, 3.05) is 0 Å². The van der Waals surface area contributed by atoms with E-state index in [4.69, 9.17) is 0 Å². The smallest absolute Gasteiger partial charge is 0.119 e. The van der Waals surface area contributed by atoms with Crippen LogP contribution in [0.15, 0.2) is 0 Å². The zero-order chi connectivity index (χ0) is 12.6. The summed E-state index contributed by atoms with van der Waals surface area (Å²) in [7, 11) is 0. The molecule has 1 heterocycles. The van der Waals surface area contributed by atoms with Crippen molar-refractivity contribution in [3.05, 3.63) is 0 Å². The van der Waals surface area contributed by atoms with Gasteiger partial charge in [0.1, 0.15) is 11.1 Å². The van der Waals surface area contributed by atoms with E-state index in [-0.39, 0.29) is 0 Å². The number of fused-ring (bicyclic) bond motifs is 2. The Morgan fingerprint density at radius 3 is 1.83 bits per heavy atom. The summed E-state index contributed by atoms with van der Waals surface area (Å²) in [6.45, 7) is 0. The fourth-order valence-corrected chi connectivity index (χ4v) is 5.77. The molecule has 2 aliphatic carbocycles. The summed E-state index contributed by atoms with van der Waals surface area (Å²) in [5, 5.41) is 23.6. The lowest BCUT2D eigenvalue weighted by Crippen LogP contribution is -2.70. The minimum atomic E-state index is -0.438. The quantitative estimate of drug-likeness (QED) is 0.728. The molecule has 0 aromatic heterocycles. The van der Waals surface area contributed by atoms with Crippen LogP contribution in [-0.4, -0.2) is 21.6 Å². The van der Waals surface area contributed by atoms with Gasteiger partial charge in [-0.05, 0) is 25.7 Å². The molecule has 3 nitrogen and oxygen atoms in total. The molecule has 4 heteroatoms. The van der Waals surface area contributed by atoms with E-state index in [0.717, 1.165) is 38.5 Å². The van der Waals surface area contributed by atoms with Gasteiger partial charge in [-0.3, -0.25) is 5.32 Å². The number of hydrogen-bond donors (Lipinski definition) is 1. The van der Waals surface area contributed by atoms with Gasteiger partial charge < -0.3 is 0 Å². The minimum Gasteiger partial charge on any atom is -0.280 e. The van der Waals surface area contributed by atoms with Crippen LogP contribution in [0.5, 0.6) is 0 Å². The van der Waals surface area contributed by atoms with Crippen LogP contribution in [-0.2, 0) is 0 Å². The Hall–Kier alpha value is -0.710. The van der Waals surface area contributed by atoms with Crippen LogP contribution in [0.2, 0.25) is 0 Å². The van der Waals surface area contributed by atoms with E-state index in [9.17, 15) is 10.5 Å². The van der Waals surface area contributed by atoms with Crippen LogP contribution in [0.25, 0.3) is 0 Å². The van der Waals surface area contributed by atoms with E-state index in [1.165, 1.54) is 12.8 Å². The zero-order valence-corrected chi connectivity index (χ0v) is 11.4. The van der Waals surface area contributed by atoms with Crippen LogP contribution in [0.1, 0.15) is 51.4 Å². The molecule has 4 atom stereocenters. The van der Waals surface area contributed by atoms with Crippen molar-refractivity contribution >= 4 is 11.8 Å². The van der Waals surface area contributed by atoms with Crippen LogP contribution in [0, 0.1) is 22.7 Å². The highest BCUT2D eigenvalue weighted by Crippen LogP contribution is 2.50. The highest BCUT2D eigenvalue weighted by molar-refractivity contribution is 8.00. The summed E-state index contributed by atoms with van der Waals surface area (Å²) in [5.41, 5.74) is -0.876. The first-order valence-electron chi connectivity index (χ1n) is 7.02. The second-order valence-corrected chi connectivity index (χ2v) is 7.31. The number of hydrogen-bond acceptors (Lipinski definition) is 4. The van der Waals surface area contributed by atoms with E-state index >= 15 is 0 Å². The molecular formula is C14H19N3S. The van der Waals surface area contributed by atoms with Gasteiger partial charge in [-0.2, -0.15) is 10.5 Å². The number of nitrogens with zero attached hydrogens (tertiary/aromatic N) is 2. The number of nitrogens with one attached hydrogen (secondary N) is 1. The van der Waals surface area contributed by atoms with Gasteiger partial charge in [-0.1, -0.05) is 25.7 Å². The summed E-state index contributed by atoms with van der Waals surface area (Å²) in [6, 6.07) is 5.06. The topological polar surface area (TPSA) is 59.6 Å². The Balaban J connectivity index is 1.95. The van der Waals surface area contributed by atoms with Gasteiger partial charge in [-0.15, -0.1) is 11.8 Å². The fraction of sp³-hybridized carbons (Fsp3) is 0.857. The number of nitriles is 2. The first kappa shape index (κ1) is 12.3. The van der Waals surface area contributed by atoms with Gasteiger partial charge in [0.05, 0.1) is 12.1 Å². The molecule has 0 aromatic rings. The van der Waals surface area contributed by atoms with Crippen molar-refractivity contribution < 1.29 is 0 Å². The third kappa shape index (κ3) is 1.67. The largest absolute Gasteiger partial charge is 0.280 e. The highest BCUT2D eigenvalue weighted by atomic mass is 32.2. The van der Waals surface area contributed by atoms with Crippen LogP contribution < -0.4 is 5.32 Å². The Bertz CT molecular complexity index is 386. The van der Waals surface area contributed by atoms with Crippen molar-refractivity contribution in [1.82, 2.24) is 5.32 Å². The Morgan fingerprint density at radius 2 is 1.39 bits per heavy atom. The van der Waals surface area contributed by atoms with E-state index in [0.29, 0.717) is 10.5 Å². The molecule has 96 valence electrons. The SMILES string of the molecule is N#C[C@@]12CCCC[C@H]1S[C@@H]1CCCC[C@]1(C#N)N2. The third-order valence-electron chi connectivity index (χ3n) is 4.85. The van der Waals surface area contributed by atoms with Gasteiger partial charge in [0.25, 0.3) is 0 Å². The predicted octanol–water partition coefficient (Wildman–Crippen LogP) is 2.73. The maximum Gasteiger partial charge on any atom is 0.119 e. The Labute approximate surface area is 113 Å².